The molecule has 0 saturated heterocycles. The molecule has 0 aromatic heterocycles. The molecule has 0 bridgehead atoms. The van der Waals surface area contributed by atoms with Gasteiger partial charge in [-0.25, -0.2) is 0 Å². The first-order chi connectivity index (χ1) is 41.0. The second kappa shape index (κ2) is 35.7. The van der Waals surface area contributed by atoms with Gasteiger partial charge in [0.25, 0.3) is 0 Å². The minimum absolute atomic E-state index is 0.00718. The van der Waals surface area contributed by atoms with Crippen molar-refractivity contribution < 1.29 is 28.5 Å². The first kappa shape index (κ1) is 67.4. The standard InChI is InChI=1S/C38H56ClNO3.C36H52ClNO3/c1-4-5-6-7-8-9-10-11-12-13-14-15-16-17-18-23-36(41)43-35-29-31-30(28-34(35)42-3)24-27-40(2)37(31)38(25-26-38)32-21-19-20-22-33(32)39;1-4-5-6-7-8-9-10-11-12-13-14-15-16-21-34(39)41-33-27-29-28(26-32(33)40-3)22-25-38(2)35(29)36(23-24-36)30-19-17-18-20-31(30)37/h19-22,28-29,37H,4-18,23-27H2,1-3H3;17-20,26-27,35H,4-16,21-25H2,1-3H3. The Morgan fingerprint density at radius 1 is 0.440 bits per heavy atom. The van der Waals surface area contributed by atoms with Crippen molar-refractivity contribution in [2.75, 3.05) is 41.4 Å². The van der Waals surface area contributed by atoms with Crippen molar-refractivity contribution in [1.29, 1.82) is 0 Å². The molecule has 8 nitrogen and oxygen atoms in total. The largest absolute Gasteiger partial charge is 0.493 e. The third kappa shape index (κ3) is 19.5. The molecule has 8 rings (SSSR count). The lowest BCUT2D eigenvalue weighted by Gasteiger charge is -2.41. The zero-order valence-electron chi connectivity index (χ0n) is 53.1. The highest BCUT2D eigenvalue weighted by Crippen LogP contribution is 2.63. The van der Waals surface area contributed by atoms with Gasteiger partial charge in [-0.1, -0.05) is 240 Å². The van der Waals surface area contributed by atoms with Crippen molar-refractivity contribution in [3.8, 4) is 23.0 Å². The number of ether oxygens (including phenoxy) is 4. The van der Waals surface area contributed by atoms with Crippen LogP contribution in [0.2, 0.25) is 10.0 Å². The maximum atomic E-state index is 12.9. The summed E-state index contributed by atoms with van der Waals surface area (Å²) in [6, 6.07) is 25.2. The molecule has 84 heavy (non-hydrogen) atoms. The van der Waals surface area contributed by atoms with Gasteiger partial charge in [0.05, 0.1) is 14.2 Å². The molecule has 10 heteroatoms. The van der Waals surface area contributed by atoms with E-state index in [0.717, 1.165) is 87.3 Å². The van der Waals surface area contributed by atoms with Gasteiger partial charge in [-0.05, 0) is 135 Å². The number of halogens is 2. The third-order valence-corrected chi connectivity index (χ3v) is 19.8. The average Bonchev–Trinajstić information content (AvgIpc) is 3.82. The van der Waals surface area contributed by atoms with Crippen LogP contribution in [0.4, 0.5) is 0 Å². The normalized spacial score (nSPS) is 17.6. The van der Waals surface area contributed by atoms with Gasteiger partial charge in [0.15, 0.2) is 23.0 Å². The van der Waals surface area contributed by atoms with Gasteiger partial charge in [-0.15, -0.1) is 0 Å². The SMILES string of the molecule is CCCCCCCCCCCCCCCC(=O)Oc1cc2c(cc1OC)CCN(C)C2C1(c2ccccc2Cl)CC1.CCCCCCCCCCCCCCCCCC(=O)Oc1cc2c(cc1OC)CCN(C)C2C1(c2ccccc2Cl)CC1. The number of carbonyl (C=O) groups is 2. The molecule has 4 aromatic rings. The van der Waals surface area contributed by atoms with Gasteiger partial charge in [0.1, 0.15) is 0 Å². The van der Waals surface area contributed by atoms with Crippen LogP contribution >= 0.6 is 23.2 Å². The molecular weight excluding hydrogens is 1080 g/mol. The predicted octanol–water partition coefficient (Wildman–Crippen LogP) is 20.8. The summed E-state index contributed by atoms with van der Waals surface area (Å²) in [4.78, 5) is 30.7. The summed E-state index contributed by atoms with van der Waals surface area (Å²) in [7, 11) is 7.72. The fourth-order valence-electron chi connectivity index (χ4n) is 14.1. The number of likely N-dealkylation sites (N-methyl/N-ethyl adjacent to an activating group) is 2. The lowest BCUT2D eigenvalue weighted by molar-refractivity contribution is -0.135. The van der Waals surface area contributed by atoms with Gasteiger partial charge in [0.2, 0.25) is 0 Å². The van der Waals surface area contributed by atoms with Crippen LogP contribution in [0.15, 0.2) is 72.8 Å². The molecule has 4 aliphatic rings. The monoisotopic (exact) mass is 1190 g/mol. The smallest absolute Gasteiger partial charge is 0.311 e. The minimum Gasteiger partial charge on any atom is -0.493 e. The first-order valence-corrected chi connectivity index (χ1v) is 34.5. The predicted molar refractivity (Wildman–Crippen MR) is 350 cm³/mol. The second-order valence-electron chi connectivity index (χ2n) is 25.6. The molecule has 2 unspecified atom stereocenters. The summed E-state index contributed by atoms with van der Waals surface area (Å²) in [5, 5.41) is 1.67. The number of methoxy groups -OCH3 is 2. The van der Waals surface area contributed by atoms with Gasteiger partial charge in [-0.2, -0.15) is 0 Å². The van der Waals surface area contributed by atoms with E-state index in [1.54, 1.807) is 14.2 Å². The van der Waals surface area contributed by atoms with Gasteiger partial charge < -0.3 is 18.9 Å². The number of esters is 2. The van der Waals surface area contributed by atoms with E-state index >= 15 is 0 Å². The average molecular weight is 1190 g/mol. The highest BCUT2D eigenvalue weighted by Gasteiger charge is 2.56. The molecule has 2 saturated carbocycles. The van der Waals surface area contributed by atoms with Crippen LogP contribution in [0, 0.1) is 0 Å². The Hall–Kier alpha value is -4.08. The zero-order valence-corrected chi connectivity index (χ0v) is 54.6. The topological polar surface area (TPSA) is 77.5 Å². The Balaban J connectivity index is 0.000000241. The summed E-state index contributed by atoms with van der Waals surface area (Å²) in [5.41, 5.74) is 7.47. The van der Waals surface area contributed by atoms with Crippen molar-refractivity contribution in [1.82, 2.24) is 9.80 Å². The highest BCUT2D eigenvalue weighted by molar-refractivity contribution is 6.31. The van der Waals surface area contributed by atoms with Crippen molar-refractivity contribution in [3.63, 3.8) is 0 Å². The highest BCUT2D eigenvalue weighted by atomic mass is 35.5. The van der Waals surface area contributed by atoms with Crippen molar-refractivity contribution >= 4 is 35.1 Å². The van der Waals surface area contributed by atoms with Crippen molar-refractivity contribution in [2.24, 2.45) is 0 Å². The van der Waals surface area contributed by atoms with E-state index < -0.39 is 0 Å². The summed E-state index contributed by atoms with van der Waals surface area (Å²) in [5.74, 6) is 2.05. The molecule has 0 amide bonds. The molecule has 4 aromatic carbocycles. The van der Waals surface area contributed by atoms with E-state index in [-0.39, 0.29) is 34.9 Å². The molecule has 2 aliphatic heterocycles. The Bertz CT molecular complexity index is 2610. The molecule has 0 radical (unpaired) electrons. The lowest BCUT2D eigenvalue weighted by Crippen LogP contribution is -2.39. The summed E-state index contributed by atoms with van der Waals surface area (Å²) < 4.78 is 23.3. The molecule has 2 aliphatic carbocycles. The van der Waals surface area contributed by atoms with Crippen LogP contribution in [-0.4, -0.2) is 63.1 Å². The van der Waals surface area contributed by atoms with Crippen LogP contribution in [0.5, 0.6) is 23.0 Å². The van der Waals surface area contributed by atoms with E-state index in [1.807, 2.05) is 24.3 Å². The molecule has 0 N–H and O–H groups in total. The van der Waals surface area contributed by atoms with Crippen LogP contribution < -0.4 is 18.9 Å². The fraction of sp³-hybridized carbons (Fsp3) is 0.649. The Kier molecular flexibility index (Phi) is 28.6. The third-order valence-electron chi connectivity index (χ3n) is 19.2. The number of fused-ring (bicyclic) bond motifs is 2. The molecule has 2 atom stereocenters. The van der Waals surface area contributed by atoms with Crippen molar-refractivity contribution in [3.05, 3.63) is 116 Å². The Labute approximate surface area is 519 Å². The number of hydrogen-bond acceptors (Lipinski definition) is 8. The van der Waals surface area contributed by atoms with Crippen LogP contribution in [0.1, 0.15) is 278 Å². The lowest BCUT2D eigenvalue weighted by atomic mass is 9.78. The van der Waals surface area contributed by atoms with E-state index in [9.17, 15) is 9.59 Å². The zero-order chi connectivity index (χ0) is 59.6. The number of rotatable bonds is 38. The van der Waals surface area contributed by atoms with E-state index in [0.29, 0.717) is 35.8 Å². The van der Waals surface area contributed by atoms with Crippen LogP contribution in [-0.2, 0) is 33.3 Å². The summed E-state index contributed by atoms with van der Waals surface area (Å²) in [6.07, 6.45) is 43.7. The molecule has 2 heterocycles. The van der Waals surface area contributed by atoms with Crippen molar-refractivity contribution in [2.45, 2.75) is 268 Å². The Morgan fingerprint density at radius 2 is 0.738 bits per heavy atom. The second-order valence-corrected chi connectivity index (χ2v) is 26.4. The van der Waals surface area contributed by atoms with E-state index in [4.69, 9.17) is 42.1 Å². The fourth-order valence-corrected chi connectivity index (χ4v) is 14.7. The molecular formula is C74H108Cl2N2O6. The molecule has 464 valence electrons. The maximum absolute atomic E-state index is 12.9. The quantitative estimate of drug-likeness (QED) is 0.0250. The number of hydrogen-bond donors (Lipinski definition) is 0. The summed E-state index contributed by atoms with van der Waals surface area (Å²) in [6.45, 7) is 6.51. The number of nitrogens with zero attached hydrogens (tertiary/aromatic N) is 2. The summed E-state index contributed by atoms with van der Waals surface area (Å²) >= 11 is 13.4. The number of benzene rings is 4. The van der Waals surface area contributed by atoms with Gasteiger partial charge >= 0.3 is 11.9 Å². The maximum Gasteiger partial charge on any atom is 0.311 e. The van der Waals surface area contributed by atoms with E-state index in [2.05, 4.69) is 86.3 Å². The first-order valence-electron chi connectivity index (χ1n) is 33.7. The van der Waals surface area contributed by atoms with Crippen LogP contribution in [0.3, 0.4) is 0 Å². The minimum atomic E-state index is -0.167. The number of carbonyl (C=O) groups excluding carboxylic acids is 2. The number of unbranched alkanes of at least 4 members (excludes halogenated alkanes) is 26. The van der Waals surface area contributed by atoms with Gasteiger partial charge in [0, 0.05) is 58.9 Å². The molecule has 2 fully saturated rings. The van der Waals surface area contributed by atoms with Gasteiger partial charge in [-0.3, -0.25) is 19.4 Å². The Morgan fingerprint density at radius 3 is 1.02 bits per heavy atom. The van der Waals surface area contributed by atoms with E-state index in [1.165, 1.54) is 187 Å². The van der Waals surface area contributed by atoms with Crippen LogP contribution in [0.25, 0.3) is 0 Å². The molecule has 0 spiro atoms.